The second-order valence-corrected chi connectivity index (χ2v) is 12.3. The van der Waals surface area contributed by atoms with Crippen LogP contribution in [0.25, 0.3) is 11.3 Å². The summed E-state index contributed by atoms with van der Waals surface area (Å²) < 4.78 is 1.88. The van der Waals surface area contributed by atoms with Crippen molar-refractivity contribution in [1.29, 1.82) is 0 Å². The van der Waals surface area contributed by atoms with E-state index in [0.717, 1.165) is 28.8 Å². The van der Waals surface area contributed by atoms with Crippen LogP contribution in [0, 0.1) is 23.7 Å². The van der Waals surface area contributed by atoms with Crippen molar-refractivity contribution in [2.75, 3.05) is 0 Å². The van der Waals surface area contributed by atoms with Gasteiger partial charge in [0.1, 0.15) is 0 Å². The summed E-state index contributed by atoms with van der Waals surface area (Å²) in [5, 5.41) is 9.89. The third kappa shape index (κ3) is 4.28. The quantitative estimate of drug-likeness (QED) is 0.365. The van der Waals surface area contributed by atoms with Gasteiger partial charge >= 0.3 is 0 Å². The summed E-state index contributed by atoms with van der Waals surface area (Å²) >= 11 is 18.5. The number of amides is 1. The number of rotatable bonds is 5. The molecule has 0 aliphatic heterocycles. The van der Waals surface area contributed by atoms with Crippen molar-refractivity contribution in [1.82, 2.24) is 15.1 Å². The summed E-state index contributed by atoms with van der Waals surface area (Å²) in [6.45, 7) is 9.33. The lowest BCUT2D eigenvalue weighted by Crippen LogP contribution is -2.52. The van der Waals surface area contributed by atoms with Crippen molar-refractivity contribution in [2.45, 2.75) is 59.5 Å². The molecule has 35 heavy (non-hydrogen) atoms. The van der Waals surface area contributed by atoms with E-state index < -0.39 is 0 Å². The number of halogens is 3. The summed E-state index contributed by atoms with van der Waals surface area (Å²) in [6, 6.07) is 13.3. The van der Waals surface area contributed by atoms with E-state index in [4.69, 9.17) is 39.9 Å². The molecule has 3 aromatic rings. The van der Waals surface area contributed by atoms with Crippen LogP contribution in [0.15, 0.2) is 42.5 Å². The zero-order valence-corrected chi connectivity index (χ0v) is 22.7. The van der Waals surface area contributed by atoms with Crippen molar-refractivity contribution in [3.05, 3.63) is 74.4 Å². The Morgan fingerprint density at radius 1 is 1.09 bits per heavy atom. The Labute approximate surface area is 222 Å². The molecule has 3 atom stereocenters. The Bertz CT molecular complexity index is 1290. The van der Waals surface area contributed by atoms with Crippen molar-refractivity contribution < 1.29 is 4.79 Å². The first-order chi connectivity index (χ1) is 16.5. The van der Waals surface area contributed by atoms with Crippen LogP contribution < -0.4 is 5.32 Å². The fourth-order valence-electron chi connectivity index (χ4n) is 6.53. The molecule has 184 valence electrons. The molecule has 4 nitrogen and oxygen atoms in total. The molecule has 2 saturated carbocycles. The van der Waals surface area contributed by atoms with E-state index in [2.05, 4.69) is 26.1 Å². The molecule has 2 bridgehead atoms. The Balaban J connectivity index is 1.52. The molecule has 0 radical (unpaired) electrons. The van der Waals surface area contributed by atoms with Crippen LogP contribution in [0.2, 0.25) is 15.1 Å². The Kier molecular flexibility index (Phi) is 6.22. The topological polar surface area (TPSA) is 46.9 Å². The van der Waals surface area contributed by atoms with E-state index in [9.17, 15) is 4.79 Å². The van der Waals surface area contributed by atoms with E-state index >= 15 is 0 Å². The predicted octanol–water partition coefficient (Wildman–Crippen LogP) is 7.81. The highest BCUT2D eigenvalue weighted by molar-refractivity contribution is 6.42. The standard InChI is InChI=1S/C28H30Cl3N3O/c1-16-23(25(35)32-26-27(2,3)19-11-12-28(26,4)14-19)33-34(15-17-5-10-21(30)22(31)13-17)24(16)18-6-8-20(29)9-7-18/h5-10,13,19,26H,11-12,14-15H2,1-4H3,(H,32,35)/t19?,26?,28-/m0/s1. The smallest absolute Gasteiger partial charge is 0.272 e. The number of hydrogen-bond donors (Lipinski definition) is 1. The normalized spacial score (nSPS) is 24.7. The number of nitrogens with one attached hydrogen (secondary N) is 1. The Hall–Kier alpha value is -2.01. The number of hydrogen-bond acceptors (Lipinski definition) is 2. The minimum atomic E-state index is -0.113. The molecular formula is C28H30Cl3N3O. The molecule has 2 aromatic carbocycles. The summed E-state index contributed by atoms with van der Waals surface area (Å²) in [4.78, 5) is 13.7. The summed E-state index contributed by atoms with van der Waals surface area (Å²) in [5.41, 5.74) is 4.29. The zero-order valence-electron chi connectivity index (χ0n) is 20.5. The van der Waals surface area contributed by atoms with Crippen LogP contribution in [0.1, 0.15) is 61.6 Å². The van der Waals surface area contributed by atoms with Gasteiger partial charge in [-0.3, -0.25) is 9.48 Å². The van der Waals surface area contributed by atoms with E-state index in [1.807, 2.05) is 48.0 Å². The first-order valence-corrected chi connectivity index (χ1v) is 13.2. The number of carbonyl (C=O) groups is 1. The average Bonchev–Trinajstić information content (AvgIpc) is 3.41. The fourth-order valence-corrected chi connectivity index (χ4v) is 6.97. The maximum atomic E-state index is 13.7. The van der Waals surface area contributed by atoms with Gasteiger partial charge in [-0.05, 0) is 72.8 Å². The molecule has 2 fully saturated rings. The largest absolute Gasteiger partial charge is 0.347 e. The lowest BCUT2D eigenvalue weighted by atomic mass is 9.68. The SMILES string of the molecule is Cc1c(C(=O)NC2C(C)(C)C3CC[C@@]2(C)C3)nn(Cc2ccc(Cl)c(Cl)c2)c1-c1ccc(Cl)cc1. The maximum Gasteiger partial charge on any atom is 0.272 e. The summed E-state index contributed by atoms with van der Waals surface area (Å²) in [6.07, 6.45) is 3.58. The molecule has 2 unspecified atom stereocenters. The van der Waals surface area contributed by atoms with Crippen LogP contribution in [0.5, 0.6) is 0 Å². The minimum absolute atomic E-state index is 0.0677. The molecule has 1 N–H and O–H groups in total. The number of benzene rings is 2. The van der Waals surface area contributed by atoms with E-state index in [0.29, 0.717) is 33.2 Å². The number of aromatic nitrogens is 2. The van der Waals surface area contributed by atoms with Crippen LogP contribution >= 0.6 is 34.8 Å². The van der Waals surface area contributed by atoms with Crippen molar-refractivity contribution in [2.24, 2.45) is 16.7 Å². The van der Waals surface area contributed by atoms with Gasteiger partial charge < -0.3 is 5.32 Å². The zero-order chi connectivity index (χ0) is 25.1. The van der Waals surface area contributed by atoms with Gasteiger partial charge in [0, 0.05) is 22.2 Å². The van der Waals surface area contributed by atoms with Gasteiger partial charge in [-0.1, -0.05) is 73.8 Å². The molecule has 0 saturated heterocycles. The second kappa shape index (κ2) is 8.83. The van der Waals surface area contributed by atoms with Crippen LogP contribution in [0.4, 0.5) is 0 Å². The second-order valence-electron chi connectivity index (χ2n) is 11.1. The predicted molar refractivity (Wildman–Crippen MR) is 143 cm³/mol. The highest BCUT2D eigenvalue weighted by Gasteiger charge is 2.59. The Morgan fingerprint density at radius 2 is 1.80 bits per heavy atom. The van der Waals surface area contributed by atoms with Crippen LogP contribution in [0.3, 0.4) is 0 Å². The molecule has 5 rings (SSSR count). The molecule has 1 amide bonds. The number of carbonyl (C=O) groups excluding carboxylic acids is 1. The summed E-state index contributed by atoms with van der Waals surface area (Å²) in [7, 11) is 0. The number of fused-ring (bicyclic) bond motifs is 2. The molecule has 1 heterocycles. The van der Waals surface area contributed by atoms with Gasteiger partial charge in [0.05, 0.1) is 22.3 Å². The van der Waals surface area contributed by atoms with Gasteiger partial charge in [-0.2, -0.15) is 5.10 Å². The van der Waals surface area contributed by atoms with Crippen LogP contribution in [-0.2, 0) is 6.54 Å². The third-order valence-electron chi connectivity index (χ3n) is 8.38. The first kappa shape index (κ1) is 24.7. The maximum absolute atomic E-state index is 13.7. The van der Waals surface area contributed by atoms with Crippen molar-refractivity contribution in [3.63, 3.8) is 0 Å². The lowest BCUT2D eigenvalue weighted by Gasteiger charge is -2.43. The van der Waals surface area contributed by atoms with Crippen LogP contribution in [-0.4, -0.2) is 21.7 Å². The third-order valence-corrected chi connectivity index (χ3v) is 9.37. The molecule has 1 aromatic heterocycles. The fraction of sp³-hybridized carbons (Fsp3) is 0.429. The highest BCUT2D eigenvalue weighted by atomic mass is 35.5. The van der Waals surface area contributed by atoms with Gasteiger partial charge in [0.15, 0.2) is 5.69 Å². The van der Waals surface area contributed by atoms with Gasteiger partial charge in [-0.15, -0.1) is 0 Å². The molecule has 7 heteroatoms. The van der Waals surface area contributed by atoms with E-state index in [1.165, 1.54) is 12.8 Å². The van der Waals surface area contributed by atoms with Gasteiger partial charge in [0.2, 0.25) is 0 Å². The molecule has 2 aliphatic rings. The monoisotopic (exact) mass is 529 g/mol. The van der Waals surface area contributed by atoms with Gasteiger partial charge in [-0.25, -0.2) is 0 Å². The minimum Gasteiger partial charge on any atom is -0.347 e. The average molecular weight is 531 g/mol. The van der Waals surface area contributed by atoms with E-state index in [1.54, 1.807) is 6.07 Å². The van der Waals surface area contributed by atoms with Crippen molar-refractivity contribution >= 4 is 40.7 Å². The summed E-state index contributed by atoms with van der Waals surface area (Å²) in [5.74, 6) is 0.535. The van der Waals surface area contributed by atoms with E-state index in [-0.39, 0.29) is 22.8 Å². The molecule has 0 spiro atoms. The molecular weight excluding hydrogens is 501 g/mol. The Morgan fingerprint density at radius 3 is 2.43 bits per heavy atom. The van der Waals surface area contributed by atoms with Gasteiger partial charge in [0.25, 0.3) is 5.91 Å². The first-order valence-electron chi connectivity index (χ1n) is 12.1. The highest BCUT2D eigenvalue weighted by Crippen LogP contribution is 2.62. The number of nitrogens with zero attached hydrogens (tertiary/aromatic N) is 2. The lowest BCUT2D eigenvalue weighted by molar-refractivity contribution is 0.0732. The van der Waals surface area contributed by atoms with Crippen molar-refractivity contribution in [3.8, 4) is 11.3 Å². The molecule has 2 aliphatic carbocycles.